The van der Waals surface area contributed by atoms with Crippen LogP contribution in [-0.2, 0) is 9.36 Å². The maximum Gasteiger partial charge on any atom is 0.506 e. The summed E-state index contributed by atoms with van der Waals surface area (Å²) in [6, 6.07) is 18.5. The molecule has 0 fully saturated rings. The highest BCUT2D eigenvalue weighted by Gasteiger charge is 2.32. The molecule has 4 rings (SSSR count). The van der Waals surface area contributed by atoms with Crippen LogP contribution in [0.25, 0.3) is 21.7 Å². The Kier molecular flexibility index (Phi) is 5.14. The van der Waals surface area contributed by atoms with E-state index in [1.54, 1.807) is 24.3 Å². The van der Waals surface area contributed by atoms with Crippen molar-refractivity contribution in [1.29, 1.82) is 0 Å². The number of anilines is 1. The SMILES string of the molecule is O=C(Nc1ccc2ccccc2c1)C(C[P+](=O)O)c1coc2ccc(Cl)cc12. The van der Waals surface area contributed by atoms with Crippen molar-refractivity contribution in [2.75, 3.05) is 11.5 Å². The predicted molar refractivity (Wildman–Crippen MR) is 111 cm³/mol. The fourth-order valence-corrected chi connectivity index (χ4v) is 4.11. The summed E-state index contributed by atoms with van der Waals surface area (Å²) in [5.41, 5.74) is 1.72. The van der Waals surface area contributed by atoms with Crippen LogP contribution in [0.4, 0.5) is 5.69 Å². The van der Waals surface area contributed by atoms with E-state index in [9.17, 15) is 14.3 Å². The van der Waals surface area contributed by atoms with Gasteiger partial charge in [-0.1, -0.05) is 41.9 Å². The van der Waals surface area contributed by atoms with Crippen molar-refractivity contribution in [1.82, 2.24) is 0 Å². The molecule has 1 heterocycles. The van der Waals surface area contributed by atoms with Crippen LogP contribution in [0, 0.1) is 0 Å². The van der Waals surface area contributed by atoms with E-state index in [1.807, 2.05) is 36.4 Å². The zero-order chi connectivity index (χ0) is 19.7. The molecule has 4 aromatic rings. The third kappa shape index (κ3) is 3.78. The van der Waals surface area contributed by atoms with E-state index in [2.05, 4.69) is 5.32 Å². The Morgan fingerprint density at radius 3 is 2.68 bits per heavy atom. The van der Waals surface area contributed by atoms with E-state index in [1.165, 1.54) is 6.26 Å². The van der Waals surface area contributed by atoms with Gasteiger partial charge < -0.3 is 9.73 Å². The number of nitrogens with one attached hydrogen (secondary N) is 1. The lowest BCUT2D eigenvalue weighted by atomic mass is 9.99. The Morgan fingerprint density at radius 1 is 1.11 bits per heavy atom. The summed E-state index contributed by atoms with van der Waals surface area (Å²) < 4.78 is 17.1. The number of furan rings is 1. The molecule has 2 atom stereocenters. The van der Waals surface area contributed by atoms with Crippen LogP contribution in [-0.4, -0.2) is 17.0 Å². The largest absolute Gasteiger partial charge is 0.506 e. The van der Waals surface area contributed by atoms with Gasteiger partial charge in [-0.3, -0.25) is 4.79 Å². The van der Waals surface area contributed by atoms with E-state index in [0.29, 0.717) is 27.2 Å². The van der Waals surface area contributed by atoms with E-state index in [4.69, 9.17) is 16.0 Å². The average Bonchev–Trinajstić information content (AvgIpc) is 3.08. The number of carbonyl (C=O) groups is 1. The lowest BCUT2D eigenvalue weighted by Crippen LogP contribution is -2.22. The highest BCUT2D eigenvalue weighted by atomic mass is 35.5. The lowest BCUT2D eigenvalue weighted by molar-refractivity contribution is -0.117. The standard InChI is InChI=1S/C21H15ClNO4P/c22-15-6-8-20-17(10-15)18(11-27-20)19(12-28(25)26)21(24)23-16-7-5-13-3-1-2-4-14(13)9-16/h1-11,19H,12H2,(H-,23,24,25,26)/p+1. The van der Waals surface area contributed by atoms with Gasteiger partial charge in [-0.25, -0.2) is 0 Å². The minimum atomic E-state index is -2.53. The Morgan fingerprint density at radius 2 is 1.89 bits per heavy atom. The minimum Gasteiger partial charge on any atom is -0.464 e. The van der Waals surface area contributed by atoms with Crippen molar-refractivity contribution in [2.24, 2.45) is 0 Å². The van der Waals surface area contributed by atoms with Gasteiger partial charge in [0, 0.05) is 21.7 Å². The molecular formula is C21H16ClNO4P+. The molecule has 28 heavy (non-hydrogen) atoms. The molecule has 0 aliphatic carbocycles. The van der Waals surface area contributed by atoms with Gasteiger partial charge in [-0.2, -0.15) is 4.89 Å². The van der Waals surface area contributed by atoms with Crippen LogP contribution in [0.1, 0.15) is 11.5 Å². The molecule has 0 spiro atoms. The second kappa shape index (κ2) is 7.72. The molecule has 0 aliphatic rings. The van der Waals surface area contributed by atoms with Crippen LogP contribution in [0.2, 0.25) is 5.02 Å². The van der Waals surface area contributed by atoms with E-state index in [-0.39, 0.29) is 12.1 Å². The van der Waals surface area contributed by atoms with Gasteiger partial charge in [0.05, 0.1) is 6.26 Å². The normalized spacial score (nSPS) is 12.9. The third-order valence-electron chi connectivity index (χ3n) is 4.61. The molecule has 1 aromatic heterocycles. The fraction of sp³-hybridized carbons (Fsp3) is 0.0952. The van der Waals surface area contributed by atoms with E-state index >= 15 is 0 Å². The monoisotopic (exact) mass is 412 g/mol. The number of amides is 1. The molecule has 0 saturated heterocycles. The van der Waals surface area contributed by atoms with Crippen molar-refractivity contribution in [3.8, 4) is 0 Å². The van der Waals surface area contributed by atoms with E-state index < -0.39 is 13.9 Å². The topological polar surface area (TPSA) is 79.5 Å². The number of benzene rings is 3. The lowest BCUT2D eigenvalue weighted by Gasteiger charge is -2.12. The Balaban J connectivity index is 1.68. The first-order chi connectivity index (χ1) is 13.5. The molecule has 0 saturated carbocycles. The van der Waals surface area contributed by atoms with Crippen molar-refractivity contribution >= 4 is 53.0 Å². The predicted octanol–water partition coefficient (Wildman–Crippen LogP) is 5.70. The highest BCUT2D eigenvalue weighted by Crippen LogP contribution is 2.35. The Labute approximate surface area is 166 Å². The molecule has 140 valence electrons. The van der Waals surface area contributed by atoms with Gasteiger partial charge in [0.25, 0.3) is 0 Å². The zero-order valence-electron chi connectivity index (χ0n) is 14.6. The molecule has 3 aromatic carbocycles. The molecule has 2 unspecified atom stereocenters. The molecule has 7 heteroatoms. The van der Waals surface area contributed by atoms with Crippen LogP contribution in [0.3, 0.4) is 0 Å². The van der Waals surface area contributed by atoms with Crippen molar-refractivity contribution in [3.63, 3.8) is 0 Å². The second-order valence-electron chi connectivity index (χ2n) is 6.47. The minimum absolute atomic E-state index is 0.212. The molecule has 0 radical (unpaired) electrons. The first kappa shape index (κ1) is 18.6. The van der Waals surface area contributed by atoms with Crippen molar-refractivity contribution in [2.45, 2.75) is 5.92 Å². The Bertz CT molecular complexity index is 1200. The summed E-state index contributed by atoms with van der Waals surface area (Å²) in [4.78, 5) is 22.5. The summed E-state index contributed by atoms with van der Waals surface area (Å²) in [5, 5.41) is 6.06. The summed E-state index contributed by atoms with van der Waals surface area (Å²) in [7, 11) is -2.53. The van der Waals surface area contributed by atoms with Gasteiger partial charge in [0.1, 0.15) is 11.5 Å². The number of rotatable bonds is 5. The fourth-order valence-electron chi connectivity index (χ4n) is 3.27. The summed E-state index contributed by atoms with van der Waals surface area (Å²) in [5.74, 6) is -1.23. The van der Waals surface area contributed by atoms with Crippen LogP contribution in [0.15, 0.2) is 71.3 Å². The molecule has 1 amide bonds. The quantitative estimate of drug-likeness (QED) is 0.412. The smallest absolute Gasteiger partial charge is 0.464 e. The first-order valence-electron chi connectivity index (χ1n) is 8.61. The summed E-state index contributed by atoms with van der Waals surface area (Å²) >= 11 is 6.07. The summed E-state index contributed by atoms with van der Waals surface area (Å²) in [6.07, 6.45) is 1.24. The summed E-state index contributed by atoms with van der Waals surface area (Å²) in [6.45, 7) is 0. The maximum atomic E-state index is 13.0. The highest BCUT2D eigenvalue weighted by molar-refractivity contribution is 7.38. The maximum absolute atomic E-state index is 13.0. The van der Waals surface area contributed by atoms with Gasteiger partial charge in [-0.05, 0) is 45.7 Å². The van der Waals surface area contributed by atoms with Crippen LogP contribution in [0.5, 0.6) is 0 Å². The van der Waals surface area contributed by atoms with Crippen LogP contribution >= 0.6 is 19.6 Å². The molecule has 5 nitrogen and oxygen atoms in total. The number of hydrogen-bond acceptors (Lipinski definition) is 3. The second-order valence-corrected chi connectivity index (χ2v) is 7.98. The molecular weight excluding hydrogens is 397 g/mol. The molecule has 0 bridgehead atoms. The van der Waals surface area contributed by atoms with E-state index in [0.717, 1.165) is 10.8 Å². The van der Waals surface area contributed by atoms with Gasteiger partial charge in [0.15, 0.2) is 6.16 Å². The van der Waals surface area contributed by atoms with Crippen molar-refractivity contribution < 1.29 is 18.7 Å². The van der Waals surface area contributed by atoms with Crippen LogP contribution < -0.4 is 5.32 Å². The Hall–Kier alpha value is -2.72. The number of halogens is 1. The first-order valence-corrected chi connectivity index (χ1v) is 10.4. The van der Waals surface area contributed by atoms with Gasteiger partial charge in [0.2, 0.25) is 5.91 Å². The molecule has 2 N–H and O–H groups in total. The molecule has 0 aliphatic heterocycles. The third-order valence-corrected chi connectivity index (χ3v) is 5.53. The van der Waals surface area contributed by atoms with Gasteiger partial charge in [-0.15, -0.1) is 0 Å². The van der Waals surface area contributed by atoms with Gasteiger partial charge >= 0.3 is 8.03 Å². The number of carbonyl (C=O) groups excluding carboxylic acids is 1. The number of fused-ring (bicyclic) bond motifs is 2. The number of hydrogen-bond donors (Lipinski definition) is 2. The average molecular weight is 413 g/mol. The van der Waals surface area contributed by atoms with Crippen molar-refractivity contribution in [3.05, 3.63) is 77.5 Å². The zero-order valence-corrected chi connectivity index (χ0v) is 16.3.